The number of nitrogens with zero attached hydrogens (tertiary/aromatic N) is 1. The maximum absolute atomic E-state index is 14.2. The van der Waals surface area contributed by atoms with Crippen molar-refractivity contribution in [1.82, 2.24) is 10.2 Å². The van der Waals surface area contributed by atoms with E-state index in [9.17, 15) is 14.4 Å². The summed E-state index contributed by atoms with van der Waals surface area (Å²) in [6, 6.07) is 9.45. The van der Waals surface area contributed by atoms with Crippen LogP contribution in [-0.2, 0) is 14.3 Å². The number of hydrogen-bond donors (Lipinski definition) is 2. The zero-order valence-electron chi connectivity index (χ0n) is 24.8. The van der Waals surface area contributed by atoms with Crippen molar-refractivity contribution >= 4 is 35.2 Å². The van der Waals surface area contributed by atoms with Gasteiger partial charge >= 0.3 is 6.09 Å². The number of ether oxygens (including phenoxy) is 1. The van der Waals surface area contributed by atoms with Crippen LogP contribution in [0.4, 0.5) is 10.5 Å². The summed E-state index contributed by atoms with van der Waals surface area (Å²) in [6.45, 7) is 17.1. The van der Waals surface area contributed by atoms with Crippen molar-refractivity contribution in [3.8, 4) is 0 Å². The predicted molar refractivity (Wildman–Crippen MR) is 158 cm³/mol. The number of unbranched alkanes of at least 4 members (excludes halogenated alkanes) is 1. The Hall–Kier alpha value is -3.06. The molecule has 0 aromatic heterocycles. The normalized spacial score (nSPS) is 13.0. The molecular weight excluding hydrogens is 514 g/mol. The van der Waals surface area contributed by atoms with Gasteiger partial charge in [-0.05, 0) is 76.6 Å². The predicted octanol–water partition coefficient (Wildman–Crippen LogP) is 7.12. The van der Waals surface area contributed by atoms with Gasteiger partial charge < -0.3 is 20.3 Å². The lowest BCUT2D eigenvalue weighted by atomic mass is 9.94. The van der Waals surface area contributed by atoms with Crippen LogP contribution in [0.3, 0.4) is 0 Å². The van der Waals surface area contributed by atoms with E-state index in [2.05, 4.69) is 10.6 Å². The number of nitrogens with one attached hydrogen (secondary N) is 2. The fraction of sp³-hybridized carbons (Fsp3) is 0.516. The molecule has 0 spiro atoms. The van der Waals surface area contributed by atoms with E-state index in [4.69, 9.17) is 16.3 Å². The molecule has 0 aliphatic carbocycles. The summed E-state index contributed by atoms with van der Waals surface area (Å²) in [5.41, 5.74) is 3.18. The third kappa shape index (κ3) is 8.99. The van der Waals surface area contributed by atoms with Crippen molar-refractivity contribution in [3.05, 3.63) is 63.7 Å². The third-order valence-electron chi connectivity index (χ3n) is 6.40. The average Bonchev–Trinajstić information content (AvgIpc) is 2.82. The Kier molecular flexibility index (Phi) is 11.4. The first-order valence-electron chi connectivity index (χ1n) is 13.6. The molecule has 2 rings (SSSR count). The lowest BCUT2D eigenvalue weighted by Crippen LogP contribution is -2.54. The monoisotopic (exact) mass is 557 g/mol. The van der Waals surface area contributed by atoms with Crippen molar-refractivity contribution in [3.63, 3.8) is 0 Å². The molecule has 0 aliphatic rings. The molecule has 2 unspecified atom stereocenters. The third-order valence-corrected chi connectivity index (χ3v) is 6.72. The molecule has 3 amide bonds. The van der Waals surface area contributed by atoms with E-state index in [1.165, 1.54) is 0 Å². The molecule has 0 heterocycles. The summed E-state index contributed by atoms with van der Waals surface area (Å²) in [7, 11) is 0. The Morgan fingerprint density at radius 3 is 2.26 bits per heavy atom. The lowest BCUT2D eigenvalue weighted by molar-refractivity contribution is -0.141. The van der Waals surface area contributed by atoms with Gasteiger partial charge in [0, 0.05) is 6.54 Å². The van der Waals surface area contributed by atoms with Gasteiger partial charge in [-0.15, -0.1) is 0 Å². The van der Waals surface area contributed by atoms with E-state index >= 15 is 0 Å². The Balaban J connectivity index is 2.62. The fourth-order valence-corrected chi connectivity index (χ4v) is 4.58. The van der Waals surface area contributed by atoms with Crippen LogP contribution in [0.5, 0.6) is 0 Å². The van der Waals surface area contributed by atoms with E-state index < -0.39 is 23.8 Å². The second-order valence-electron chi connectivity index (χ2n) is 11.4. The number of halogens is 1. The van der Waals surface area contributed by atoms with E-state index in [0.717, 1.165) is 28.7 Å². The van der Waals surface area contributed by atoms with Gasteiger partial charge in [-0.1, -0.05) is 74.7 Å². The summed E-state index contributed by atoms with van der Waals surface area (Å²) in [4.78, 5) is 42.7. The molecule has 0 fully saturated rings. The van der Waals surface area contributed by atoms with Crippen LogP contribution >= 0.6 is 11.6 Å². The quantitative estimate of drug-likeness (QED) is 0.325. The molecule has 0 aliphatic heterocycles. The lowest BCUT2D eigenvalue weighted by Gasteiger charge is -2.36. The molecule has 0 saturated heterocycles. The van der Waals surface area contributed by atoms with Gasteiger partial charge in [0.05, 0.1) is 10.7 Å². The van der Waals surface area contributed by atoms with Crippen molar-refractivity contribution < 1.29 is 19.1 Å². The summed E-state index contributed by atoms with van der Waals surface area (Å²) in [6.07, 6.45) is 0.827. The molecule has 39 heavy (non-hydrogen) atoms. The first-order valence-corrected chi connectivity index (χ1v) is 14.0. The number of alkyl carbamates (subject to hydrolysis) is 1. The fourth-order valence-electron chi connectivity index (χ4n) is 4.31. The zero-order valence-corrected chi connectivity index (χ0v) is 25.5. The van der Waals surface area contributed by atoms with Crippen molar-refractivity contribution in [1.29, 1.82) is 0 Å². The SMILES string of the molecule is CCCCN(C(=O)C(NC(=O)OC(C)(C)C)C(C)C)C(C(=O)Nc1c(C)cccc1Cl)c1cc(C)ccc1C. The summed E-state index contributed by atoms with van der Waals surface area (Å²) in [5.74, 6) is -0.965. The number of hydrogen-bond acceptors (Lipinski definition) is 4. The minimum atomic E-state index is -0.943. The van der Waals surface area contributed by atoms with Crippen molar-refractivity contribution in [2.75, 3.05) is 11.9 Å². The molecule has 8 heteroatoms. The van der Waals surface area contributed by atoms with E-state index in [0.29, 0.717) is 23.7 Å². The Morgan fingerprint density at radius 1 is 1.03 bits per heavy atom. The first kappa shape index (κ1) is 32.2. The maximum Gasteiger partial charge on any atom is 0.408 e. The number of rotatable bonds is 10. The van der Waals surface area contributed by atoms with Crippen LogP contribution in [0.25, 0.3) is 0 Å². The highest BCUT2D eigenvalue weighted by atomic mass is 35.5. The highest BCUT2D eigenvalue weighted by molar-refractivity contribution is 6.34. The molecule has 7 nitrogen and oxygen atoms in total. The smallest absolute Gasteiger partial charge is 0.408 e. The Bertz CT molecular complexity index is 1150. The summed E-state index contributed by atoms with van der Waals surface area (Å²) >= 11 is 6.45. The van der Waals surface area contributed by atoms with Crippen LogP contribution in [0.2, 0.25) is 5.02 Å². The molecule has 0 saturated carbocycles. The molecule has 2 atom stereocenters. The van der Waals surface area contributed by atoms with Gasteiger partial charge in [0.2, 0.25) is 5.91 Å². The minimum Gasteiger partial charge on any atom is -0.444 e. The molecule has 2 aromatic rings. The second kappa shape index (κ2) is 13.8. The number of carbonyl (C=O) groups is 3. The van der Waals surface area contributed by atoms with Crippen LogP contribution in [0.15, 0.2) is 36.4 Å². The van der Waals surface area contributed by atoms with Crippen molar-refractivity contribution in [2.45, 2.75) is 92.8 Å². The number of para-hydroxylation sites is 1. The van der Waals surface area contributed by atoms with Crippen LogP contribution in [0.1, 0.15) is 82.7 Å². The summed E-state index contributed by atoms with van der Waals surface area (Å²) in [5, 5.41) is 6.18. The van der Waals surface area contributed by atoms with Crippen LogP contribution < -0.4 is 10.6 Å². The maximum atomic E-state index is 14.2. The van der Waals surface area contributed by atoms with E-state index in [-0.39, 0.29) is 17.7 Å². The number of amides is 3. The van der Waals surface area contributed by atoms with Gasteiger partial charge in [0.1, 0.15) is 17.7 Å². The molecule has 0 bridgehead atoms. The Labute approximate surface area is 238 Å². The van der Waals surface area contributed by atoms with Gasteiger partial charge in [0.15, 0.2) is 0 Å². The molecule has 2 aromatic carbocycles. The van der Waals surface area contributed by atoms with Crippen molar-refractivity contribution in [2.24, 2.45) is 5.92 Å². The number of carbonyl (C=O) groups excluding carboxylic acids is 3. The highest BCUT2D eigenvalue weighted by Gasteiger charge is 2.38. The zero-order chi connectivity index (χ0) is 29.5. The van der Waals surface area contributed by atoms with E-state index in [1.54, 1.807) is 31.7 Å². The van der Waals surface area contributed by atoms with Gasteiger partial charge in [0.25, 0.3) is 5.91 Å². The van der Waals surface area contributed by atoms with Gasteiger partial charge in [-0.25, -0.2) is 4.79 Å². The molecular formula is C31H44ClN3O4. The highest BCUT2D eigenvalue weighted by Crippen LogP contribution is 2.31. The Morgan fingerprint density at radius 2 is 1.69 bits per heavy atom. The minimum absolute atomic E-state index is 0.248. The van der Waals surface area contributed by atoms with Gasteiger partial charge in [-0.3, -0.25) is 9.59 Å². The van der Waals surface area contributed by atoms with Gasteiger partial charge in [-0.2, -0.15) is 0 Å². The largest absolute Gasteiger partial charge is 0.444 e. The molecule has 214 valence electrons. The number of benzene rings is 2. The molecule has 0 radical (unpaired) electrons. The number of anilines is 1. The first-order chi connectivity index (χ1) is 18.2. The topological polar surface area (TPSA) is 87.7 Å². The summed E-state index contributed by atoms with van der Waals surface area (Å²) < 4.78 is 5.45. The molecule has 2 N–H and O–H groups in total. The second-order valence-corrected chi connectivity index (χ2v) is 11.8. The standard InChI is InChI=1S/C31H44ClN3O4/c1-10-11-17-35(29(37)25(19(2)3)34-30(38)39-31(7,8)9)27(23-18-20(4)15-16-21(23)5)28(36)33-26-22(6)13-12-14-24(26)32/h12-16,18-19,25,27H,10-11,17H2,1-9H3,(H,33,36)(H,34,38). The average molecular weight is 558 g/mol. The van der Waals surface area contributed by atoms with Crippen LogP contribution in [0, 0.1) is 26.7 Å². The van der Waals surface area contributed by atoms with E-state index in [1.807, 2.05) is 71.9 Å². The van der Waals surface area contributed by atoms with Crippen LogP contribution in [-0.4, -0.2) is 41.0 Å². The number of aryl methyl sites for hydroxylation is 3.